The number of esters is 1. The van der Waals surface area contributed by atoms with E-state index in [2.05, 4.69) is 17.1 Å². The van der Waals surface area contributed by atoms with Crippen molar-refractivity contribution in [3.05, 3.63) is 120 Å². The van der Waals surface area contributed by atoms with E-state index >= 15 is 0 Å². The Hall–Kier alpha value is -4.89. The summed E-state index contributed by atoms with van der Waals surface area (Å²) in [5.74, 6) is -0.711. The molecule has 5 rings (SSSR count). The lowest BCUT2D eigenvalue weighted by Crippen LogP contribution is -2.53. The third kappa shape index (κ3) is 9.10. The van der Waals surface area contributed by atoms with Gasteiger partial charge in [0.05, 0.1) is 12.2 Å². The maximum atomic E-state index is 13.9. The van der Waals surface area contributed by atoms with Crippen molar-refractivity contribution in [2.45, 2.75) is 58.3 Å². The summed E-state index contributed by atoms with van der Waals surface area (Å²) in [4.78, 5) is 44.0. The van der Waals surface area contributed by atoms with Crippen molar-refractivity contribution in [2.75, 3.05) is 29.9 Å². The van der Waals surface area contributed by atoms with Crippen molar-refractivity contribution in [1.82, 2.24) is 4.90 Å². The topological polar surface area (TPSA) is 101 Å². The third-order valence-corrected chi connectivity index (χ3v) is 8.15. The fraction of sp³-hybridized carbons (Fsp3) is 0.342. The molecular weight excluding hydrogens is 594 g/mol. The van der Waals surface area contributed by atoms with Gasteiger partial charge in [-0.1, -0.05) is 73.7 Å². The van der Waals surface area contributed by atoms with E-state index in [1.54, 1.807) is 56.0 Å². The fourth-order valence-corrected chi connectivity index (χ4v) is 5.99. The quantitative estimate of drug-likeness (QED) is 0.180. The van der Waals surface area contributed by atoms with Gasteiger partial charge in [-0.2, -0.15) is 0 Å². The van der Waals surface area contributed by atoms with Gasteiger partial charge >= 0.3 is 12.1 Å². The van der Waals surface area contributed by atoms with Crippen LogP contribution >= 0.6 is 0 Å². The van der Waals surface area contributed by atoms with Gasteiger partial charge in [-0.25, -0.2) is 4.79 Å². The minimum Gasteiger partial charge on any atom is -0.460 e. The number of hydrogen-bond donors (Lipinski definition) is 1. The number of ether oxygens (including phenoxy) is 2. The SMILES string of the molecule is C[C@@H]1CN(CC(C(=O)OCc2ccccc2)c2ccccc2)CC[C@@H]1N(C(=O)c1ccco1)c1cccc(NC(=O)OC(C)(C)C)c1. The second-order valence-electron chi connectivity index (χ2n) is 13.0. The number of furan rings is 1. The van der Waals surface area contributed by atoms with Crippen molar-refractivity contribution in [3.8, 4) is 0 Å². The summed E-state index contributed by atoms with van der Waals surface area (Å²) < 4.78 is 16.8. The summed E-state index contributed by atoms with van der Waals surface area (Å²) in [6, 6.07) is 29.8. The summed E-state index contributed by atoms with van der Waals surface area (Å²) in [5.41, 5.74) is 2.35. The van der Waals surface area contributed by atoms with Crippen LogP contribution < -0.4 is 10.2 Å². The molecule has 246 valence electrons. The number of carbonyl (C=O) groups is 3. The first-order chi connectivity index (χ1) is 22.6. The average molecular weight is 638 g/mol. The Morgan fingerprint density at radius 1 is 0.957 bits per heavy atom. The Balaban J connectivity index is 1.33. The van der Waals surface area contributed by atoms with Gasteiger partial charge in [0.1, 0.15) is 12.2 Å². The van der Waals surface area contributed by atoms with Crippen LogP contribution in [0.3, 0.4) is 0 Å². The smallest absolute Gasteiger partial charge is 0.412 e. The van der Waals surface area contributed by atoms with Gasteiger partial charge in [0.15, 0.2) is 5.76 Å². The lowest BCUT2D eigenvalue weighted by molar-refractivity contribution is -0.147. The van der Waals surface area contributed by atoms with Gasteiger partial charge in [0.25, 0.3) is 5.91 Å². The summed E-state index contributed by atoms with van der Waals surface area (Å²) in [5, 5.41) is 2.78. The van der Waals surface area contributed by atoms with E-state index < -0.39 is 17.6 Å². The minimum atomic E-state index is -0.648. The van der Waals surface area contributed by atoms with Crippen molar-refractivity contribution in [1.29, 1.82) is 0 Å². The second-order valence-corrected chi connectivity index (χ2v) is 13.0. The molecule has 2 heterocycles. The molecule has 0 saturated carbocycles. The molecule has 9 nitrogen and oxygen atoms in total. The number of likely N-dealkylation sites (tertiary alicyclic amines) is 1. The molecule has 0 spiro atoms. The average Bonchev–Trinajstić information content (AvgIpc) is 3.59. The number of carbonyl (C=O) groups excluding carboxylic acids is 3. The monoisotopic (exact) mass is 637 g/mol. The number of piperidine rings is 1. The lowest BCUT2D eigenvalue weighted by Gasteiger charge is -2.43. The highest BCUT2D eigenvalue weighted by Gasteiger charge is 2.37. The first-order valence-corrected chi connectivity index (χ1v) is 16.0. The minimum absolute atomic E-state index is 0.0434. The van der Waals surface area contributed by atoms with Crippen molar-refractivity contribution in [3.63, 3.8) is 0 Å². The van der Waals surface area contributed by atoms with Crippen LogP contribution in [0, 0.1) is 5.92 Å². The van der Waals surface area contributed by atoms with Gasteiger partial charge in [-0.15, -0.1) is 0 Å². The molecule has 3 aromatic carbocycles. The lowest BCUT2D eigenvalue weighted by atomic mass is 9.90. The van der Waals surface area contributed by atoms with Crippen LogP contribution in [0.15, 0.2) is 108 Å². The predicted molar refractivity (Wildman–Crippen MR) is 181 cm³/mol. The summed E-state index contributed by atoms with van der Waals surface area (Å²) in [7, 11) is 0. The van der Waals surface area contributed by atoms with E-state index in [1.807, 2.05) is 66.7 Å². The molecule has 0 aliphatic carbocycles. The van der Waals surface area contributed by atoms with Gasteiger partial charge in [0.2, 0.25) is 0 Å². The number of nitrogens with zero attached hydrogens (tertiary/aromatic N) is 2. The molecule has 0 bridgehead atoms. The van der Waals surface area contributed by atoms with Crippen LogP contribution in [0.4, 0.5) is 16.2 Å². The maximum absolute atomic E-state index is 13.9. The first-order valence-electron chi connectivity index (χ1n) is 16.0. The largest absolute Gasteiger partial charge is 0.460 e. The number of anilines is 2. The van der Waals surface area contributed by atoms with Crippen LogP contribution in [0.25, 0.3) is 0 Å². The summed E-state index contributed by atoms with van der Waals surface area (Å²) >= 11 is 0. The molecule has 1 N–H and O–H groups in total. The molecule has 1 saturated heterocycles. The molecule has 9 heteroatoms. The van der Waals surface area contributed by atoms with Crippen LogP contribution in [0.1, 0.15) is 61.7 Å². The highest BCUT2D eigenvalue weighted by molar-refractivity contribution is 6.05. The molecule has 1 unspecified atom stereocenters. The molecule has 1 fully saturated rings. The van der Waals surface area contributed by atoms with Crippen LogP contribution in [0.2, 0.25) is 0 Å². The number of benzene rings is 3. The van der Waals surface area contributed by atoms with Gasteiger partial charge in [0, 0.05) is 37.1 Å². The standard InChI is InChI=1S/C38H43N3O6/c1-27-24-40(25-32(29-15-9-6-10-16-29)36(43)46-26-28-13-7-5-8-14-28)21-20-33(27)41(35(42)34-19-12-22-45-34)31-18-11-17-30(23-31)39-37(44)47-38(2,3)4/h5-19,22-23,27,32-33H,20-21,24-26H2,1-4H3,(H,39,44)/t27-,32?,33+/m1/s1. The Kier molecular flexibility index (Phi) is 10.8. The Labute approximate surface area is 276 Å². The highest BCUT2D eigenvalue weighted by Crippen LogP contribution is 2.32. The van der Waals surface area contributed by atoms with Crippen LogP contribution in [0.5, 0.6) is 0 Å². The van der Waals surface area contributed by atoms with Crippen molar-refractivity contribution >= 4 is 29.3 Å². The van der Waals surface area contributed by atoms with Crippen molar-refractivity contribution < 1.29 is 28.3 Å². The molecule has 2 amide bonds. The van der Waals surface area contributed by atoms with E-state index in [9.17, 15) is 14.4 Å². The van der Waals surface area contributed by atoms with Gasteiger partial charge in [-0.3, -0.25) is 14.9 Å². The van der Waals surface area contributed by atoms with E-state index in [-0.39, 0.29) is 36.2 Å². The Morgan fingerprint density at radius 2 is 1.68 bits per heavy atom. The van der Waals surface area contributed by atoms with Crippen LogP contribution in [-0.2, 0) is 20.9 Å². The Morgan fingerprint density at radius 3 is 2.34 bits per heavy atom. The predicted octanol–water partition coefficient (Wildman–Crippen LogP) is 7.51. The molecule has 47 heavy (non-hydrogen) atoms. The zero-order chi connectivity index (χ0) is 33.4. The van der Waals surface area contributed by atoms with E-state index in [0.717, 1.165) is 11.1 Å². The zero-order valence-electron chi connectivity index (χ0n) is 27.4. The summed E-state index contributed by atoms with van der Waals surface area (Å²) in [6.45, 7) is 9.57. The maximum Gasteiger partial charge on any atom is 0.412 e. The Bertz CT molecular complexity index is 1620. The molecule has 0 radical (unpaired) electrons. The number of rotatable bonds is 10. The van der Waals surface area contributed by atoms with E-state index in [4.69, 9.17) is 13.9 Å². The second kappa shape index (κ2) is 15.1. The van der Waals surface area contributed by atoms with Crippen molar-refractivity contribution in [2.24, 2.45) is 5.92 Å². The molecule has 3 atom stereocenters. The number of amides is 2. The van der Waals surface area contributed by atoms with E-state index in [0.29, 0.717) is 37.4 Å². The molecule has 1 aliphatic rings. The van der Waals surface area contributed by atoms with Crippen LogP contribution in [-0.4, -0.2) is 54.1 Å². The molecule has 4 aromatic rings. The van der Waals surface area contributed by atoms with E-state index in [1.165, 1.54) is 6.26 Å². The summed E-state index contributed by atoms with van der Waals surface area (Å²) in [6.07, 6.45) is 1.58. The van der Waals surface area contributed by atoms with Gasteiger partial charge in [-0.05, 0) is 74.6 Å². The third-order valence-electron chi connectivity index (χ3n) is 8.15. The first kappa shape index (κ1) is 33.5. The molecule has 1 aliphatic heterocycles. The highest BCUT2D eigenvalue weighted by atomic mass is 16.6. The number of nitrogens with one attached hydrogen (secondary N) is 1. The zero-order valence-corrected chi connectivity index (χ0v) is 27.4. The van der Waals surface area contributed by atoms with Gasteiger partial charge < -0.3 is 23.7 Å². The molecule has 1 aromatic heterocycles. The normalized spacial score (nSPS) is 17.4. The molecular formula is C38H43N3O6. The fourth-order valence-electron chi connectivity index (χ4n) is 5.99. The number of hydrogen-bond acceptors (Lipinski definition) is 7.